The fraction of sp³-hybridized carbons (Fsp3) is 0.346. The molecule has 0 radical (unpaired) electrons. The van der Waals surface area contributed by atoms with Gasteiger partial charge < -0.3 is 24.1 Å². The maximum atomic E-state index is 13.1. The number of phenols is 1. The van der Waals surface area contributed by atoms with Crippen molar-refractivity contribution in [2.75, 3.05) is 46.2 Å². The van der Waals surface area contributed by atoms with Gasteiger partial charge in [0.05, 0.1) is 25.6 Å². The van der Waals surface area contributed by atoms with Gasteiger partial charge >= 0.3 is 5.97 Å². The smallest absolute Gasteiger partial charge is 0.341 e. The summed E-state index contributed by atoms with van der Waals surface area (Å²) in [4.78, 5) is 14.7. The number of carbonyl (C=O) groups excluding carboxylic acids is 1. The number of nitrogens with zero attached hydrogens (tertiary/aromatic N) is 1. The zero-order valence-corrected chi connectivity index (χ0v) is 22.7. The van der Waals surface area contributed by atoms with E-state index in [1.165, 1.54) is 24.3 Å². The van der Waals surface area contributed by atoms with Gasteiger partial charge in [-0.25, -0.2) is 13.2 Å². The first kappa shape index (κ1) is 26.8. The summed E-state index contributed by atoms with van der Waals surface area (Å²) in [6.07, 6.45) is 0.667. The summed E-state index contributed by atoms with van der Waals surface area (Å²) in [5, 5.41) is 10.4. The van der Waals surface area contributed by atoms with E-state index >= 15 is 0 Å². The average molecular weight is 580 g/mol. The van der Waals surface area contributed by atoms with E-state index in [1.54, 1.807) is 18.2 Å². The number of phenolic OH excluding ortho intramolecular Hbond substituents is 1. The third-order valence-electron chi connectivity index (χ3n) is 6.25. The second-order valence-electron chi connectivity index (χ2n) is 8.87. The molecule has 0 saturated carbocycles. The minimum Gasteiger partial charge on any atom is -0.507 e. The largest absolute Gasteiger partial charge is 0.507 e. The van der Waals surface area contributed by atoms with Crippen LogP contribution in [-0.4, -0.2) is 70.6 Å². The Kier molecular flexibility index (Phi) is 8.10. The minimum absolute atomic E-state index is 0.0122. The molecule has 1 saturated heterocycles. The summed E-state index contributed by atoms with van der Waals surface area (Å²) < 4.78 is 48.0. The molecule has 1 aromatic heterocycles. The van der Waals surface area contributed by atoms with Crippen LogP contribution in [0.1, 0.15) is 22.3 Å². The number of rotatable bonds is 9. The van der Waals surface area contributed by atoms with Gasteiger partial charge in [0.2, 0.25) is 6.79 Å². The highest BCUT2D eigenvalue weighted by Gasteiger charge is 2.24. The van der Waals surface area contributed by atoms with Crippen molar-refractivity contribution < 1.29 is 37.3 Å². The normalized spacial score (nSPS) is 15.5. The number of esters is 1. The molecule has 2 aliphatic rings. The molecule has 12 heteroatoms. The van der Waals surface area contributed by atoms with Gasteiger partial charge in [0.25, 0.3) is 0 Å². The first-order valence-corrected chi connectivity index (χ1v) is 14.9. The summed E-state index contributed by atoms with van der Waals surface area (Å²) in [6.45, 7) is 4.27. The van der Waals surface area contributed by atoms with Crippen molar-refractivity contribution in [3.8, 4) is 28.4 Å². The molecule has 0 spiro atoms. The molecule has 1 fully saturated rings. The van der Waals surface area contributed by atoms with Crippen LogP contribution in [0.4, 0.5) is 0 Å². The number of thiophene rings is 1. The molecule has 9 nitrogen and oxygen atoms in total. The van der Waals surface area contributed by atoms with Crippen LogP contribution in [0.15, 0.2) is 46.7 Å². The van der Waals surface area contributed by atoms with E-state index in [0.717, 1.165) is 31.0 Å². The number of carbonyl (C=O) groups is 1. The Morgan fingerprint density at radius 3 is 2.66 bits per heavy atom. The number of hydrogen-bond acceptors (Lipinski definition) is 10. The van der Waals surface area contributed by atoms with E-state index < -0.39 is 15.8 Å². The maximum Gasteiger partial charge on any atom is 0.341 e. The van der Waals surface area contributed by atoms with E-state index in [1.807, 2.05) is 0 Å². The van der Waals surface area contributed by atoms with E-state index in [2.05, 4.69) is 4.90 Å². The molecule has 1 N–H and O–H groups in total. The molecule has 0 bridgehead atoms. The molecular weight excluding hydrogens is 554 g/mol. The van der Waals surface area contributed by atoms with E-state index in [0.29, 0.717) is 52.2 Å². The fourth-order valence-corrected chi connectivity index (χ4v) is 7.43. The summed E-state index contributed by atoms with van der Waals surface area (Å²) in [5.74, 6) is -0.167. The number of fused-ring (bicyclic) bond motifs is 1. The molecule has 202 valence electrons. The number of benzene rings is 2. The quantitative estimate of drug-likeness (QED) is 0.292. The monoisotopic (exact) mass is 579 g/mol. The van der Waals surface area contributed by atoms with E-state index in [-0.39, 0.29) is 34.7 Å². The number of aromatic hydroxyl groups is 1. The molecule has 0 amide bonds. The Morgan fingerprint density at radius 1 is 1.08 bits per heavy atom. The van der Waals surface area contributed by atoms with Crippen molar-refractivity contribution in [1.82, 2.24) is 4.90 Å². The Bertz CT molecular complexity index is 1430. The number of morpholine rings is 1. The second kappa shape index (κ2) is 11.5. The number of hydrogen-bond donors (Lipinski definition) is 1. The lowest BCUT2D eigenvalue weighted by Gasteiger charge is -2.26. The van der Waals surface area contributed by atoms with Crippen LogP contribution in [0.2, 0.25) is 4.34 Å². The highest BCUT2D eigenvalue weighted by molar-refractivity contribution is 7.92. The summed E-state index contributed by atoms with van der Waals surface area (Å²) >= 11 is 7.36. The Balaban J connectivity index is 1.21. The minimum atomic E-state index is -3.78. The van der Waals surface area contributed by atoms with Crippen molar-refractivity contribution in [2.45, 2.75) is 16.4 Å². The van der Waals surface area contributed by atoms with Gasteiger partial charge in [-0.2, -0.15) is 0 Å². The maximum absolute atomic E-state index is 13.1. The van der Waals surface area contributed by atoms with Crippen LogP contribution in [-0.2, 0) is 25.1 Å². The molecule has 38 heavy (non-hydrogen) atoms. The lowest BCUT2D eigenvalue weighted by atomic mass is 10.1. The SMILES string of the molecule is O=C(OCCCN1CCOCC1)c1ccc(CS(=O)(=O)c2cc(-c3ccc4c(c3)OCO4)c(Cl)s2)cc1O. The standard InChI is InChI=1S/C26H26ClNO8S2/c27-25-20(18-3-5-22-23(13-18)36-16-35-22)14-24(37-25)38(31,32)15-17-2-4-19(21(29)12-17)26(30)34-9-1-6-28-7-10-33-11-8-28/h2-5,12-14,29H,1,6-11,15-16H2. The van der Waals surface area contributed by atoms with Gasteiger partial charge in [0, 0.05) is 25.2 Å². The molecule has 0 unspecified atom stereocenters. The van der Waals surface area contributed by atoms with Crippen LogP contribution >= 0.6 is 22.9 Å². The molecule has 2 aromatic carbocycles. The van der Waals surface area contributed by atoms with Crippen molar-refractivity contribution >= 4 is 38.7 Å². The highest BCUT2D eigenvalue weighted by Crippen LogP contribution is 2.42. The first-order valence-electron chi connectivity index (χ1n) is 12.0. The van der Waals surface area contributed by atoms with E-state index in [4.69, 9.17) is 30.5 Å². The van der Waals surface area contributed by atoms with Gasteiger partial charge in [0.15, 0.2) is 21.3 Å². The van der Waals surface area contributed by atoms with Crippen LogP contribution in [0.3, 0.4) is 0 Å². The van der Waals surface area contributed by atoms with Crippen molar-refractivity contribution in [3.63, 3.8) is 0 Å². The number of sulfone groups is 1. The topological polar surface area (TPSA) is 112 Å². The van der Waals surface area contributed by atoms with Crippen molar-refractivity contribution in [1.29, 1.82) is 0 Å². The van der Waals surface area contributed by atoms with Crippen molar-refractivity contribution in [2.24, 2.45) is 0 Å². The molecular formula is C26H26ClNO8S2. The summed E-state index contributed by atoms with van der Waals surface area (Å²) in [5.41, 5.74) is 1.60. The van der Waals surface area contributed by atoms with Gasteiger partial charge in [-0.3, -0.25) is 4.90 Å². The third kappa shape index (κ3) is 6.08. The van der Waals surface area contributed by atoms with Crippen LogP contribution in [0.25, 0.3) is 11.1 Å². The van der Waals surface area contributed by atoms with Crippen LogP contribution in [0.5, 0.6) is 17.2 Å². The van der Waals surface area contributed by atoms with Gasteiger partial charge in [-0.05, 0) is 47.9 Å². The Hall–Kier alpha value is -2.83. The molecule has 2 aliphatic heterocycles. The Labute approximate surface area is 229 Å². The second-order valence-corrected chi connectivity index (χ2v) is 12.7. The van der Waals surface area contributed by atoms with E-state index in [9.17, 15) is 18.3 Å². The highest BCUT2D eigenvalue weighted by atomic mass is 35.5. The summed E-state index contributed by atoms with van der Waals surface area (Å²) in [7, 11) is -3.78. The summed E-state index contributed by atoms with van der Waals surface area (Å²) in [6, 6.07) is 11.0. The number of ether oxygens (including phenoxy) is 4. The lowest BCUT2D eigenvalue weighted by Crippen LogP contribution is -2.37. The number of halogens is 1. The van der Waals surface area contributed by atoms with Gasteiger partial charge in [0.1, 0.15) is 19.9 Å². The average Bonchev–Trinajstić information content (AvgIpc) is 3.53. The first-order chi connectivity index (χ1) is 18.3. The molecule has 0 aliphatic carbocycles. The predicted molar refractivity (Wildman–Crippen MR) is 142 cm³/mol. The predicted octanol–water partition coefficient (Wildman–Crippen LogP) is 4.36. The Morgan fingerprint density at radius 2 is 1.87 bits per heavy atom. The molecule has 3 aromatic rings. The van der Waals surface area contributed by atoms with Gasteiger partial charge in [-0.1, -0.05) is 23.7 Å². The fourth-order valence-electron chi connectivity index (χ4n) is 4.25. The zero-order chi connectivity index (χ0) is 26.7. The van der Waals surface area contributed by atoms with Crippen LogP contribution < -0.4 is 9.47 Å². The molecule has 3 heterocycles. The lowest BCUT2D eigenvalue weighted by molar-refractivity contribution is 0.0297. The third-order valence-corrected chi connectivity index (χ3v) is 9.86. The van der Waals surface area contributed by atoms with Crippen LogP contribution in [0, 0.1) is 0 Å². The van der Waals surface area contributed by atoms with Crippen molar-refractivity contribution in [3.05, 3.63) is 57.9 Å². The molecule has 5 rings (SSSR count). The molecule has 0 atom stereocenters. The zero-order valence-electron chi connectivity index (χ0n) is 20.4. The van der Waals surface area contributed by atoms with Gasteiger partial charge in [-0.15, -0.1) is 11.3 Å².